The predicted molar refractivity (Wildman–Crippen MR) is 75.7 cm³/mol. The van der Waals surface area contributed by atoms with Crippen molar-refractivity contribution in [1.29, 1.82) is 0 Å². The number of hydrogen-bond acceptors (Lipinski definition) is 5. The molecule has 0 saturated carbocycles. The van der Waals surface area contributed by atoms with Gasteiger partial charge in [-0.15, -0.1) is 0 Å². The first kappa shape index (κ1) is 15.2. The Morgan fingerprint density at radius 2 is 1.95 bits per heavy atom. The van der Waals surface area contributed by atoms with Gasteiger partial charge in [0, 0.05) is 32.7 Å². The second kappa shape index (κ2) is 7.03. The average molecular weight is 282 g/mol. The highest BCUT2D eigenvalue weighted by Crippen LogP contribution is 2.14. The highest BCUT2D eigenvalue weighted by atomic mass is 19.1. The number of halogens is 1. The van der Waals surface area contributed by atoms with Gasteiger partial charge in [-0.05, 0) is 24.6 Å². The maximum absolute atomic E-state index is 13.7. The molecule has 1 aromatic carbocycles. The highest BCUT2D eigenvalue weighted by Gasteiger charge is 2.15. The van der Waals surface area contributed by atoms with Gasteiger partial charge in [-0.1, -0.05) is 6.07 Å². The van der Waals surface area contributed by atoms with Crippen LogP contribution in [-0.4, -0.2) is 73.3 Å². The van der Waals surface area contributed by atoms with E-state index in [4.69, 9.17) is 14.8 Å². The van der Waals surface area contributed by atoms with Crippen LogP contribution in [0, 0.1) is 5.82 Å². The zero-order chi connectivity index (χ0) is 14.5. The Hall–Kier alpha value is -1.15. The Bertz CT molecular complexity index is 440. The second-order valence-electron chi connectivity index (χ2n) is 5.06. The van der Waals surface area contributed by atoms with Crippen molar-refractivity contribution in [3.8, 4) is 5.75 Å². The van der Waals surface area contributed by atoms with Gasteiger partial charge >= 0.3 is 7.12 Å². The van der Waals surface area contributed by atoms with Gasteiger partial charge in [0.25, 0.3) is 0 Å². The lowest BCUT2D eigenvalue weighted by Gasteiger charge is -2.32. The van der Waals surface area contributed by atoms with Gasteiger partial charge < -0.3 is 19.7 Å². The third kappa shape index (κ3) is 4.18. The van der Waals surface area contributed by atoms with Crippen molar-refractivity contribution in [2.45, 2.75) is 0 Å². The summed E-state index contributed by atoms with van der Waals surface area (Å²) in [7, 11) is 0.435. The Morgan fingerprint density at radius 3 is 2.55 bits per heavy atom. The van der Waals surface area contributed by atoms with Crippen LogP contribution in [0.1, 0.15) is 0 Å². The third-order valence-electron chi connectivity index (χ3n) is 3.52. The molecule has 1 saturated heterocycles. The standard InChI is InChI=1S/C13H20BFN2O3/c1-16-4-6-17(7-5-16)8-9-20-13-3-2-11(14(18)19)10-12(13)15/h2-3,10,18-19H,4-9H2,1H3. The lowest BCUT2D eigenvalue weighted by Crippen LogP contribution is -2.45. The van der Waals surface area contributed by atoms with Gasteiger partial charge in [0.1, 0.15) is 6.61 Å². The first-order valence-electron chi connectivity index (χ1n) is 6.75. The molecule has 1 aromatic rings. The molecule has 7 heteroatoms. The van der Waals surface area contributed by atoms with Crippen molar-refractivity contribution in [2.24, 2.45) is 0 Å². The van der Waals surface area contributed by atoms with Crippen molar-refractivity contribution in [1.82, 2.24) is 9.80 Å². The summed E-state index contributed by atoms with van der Waals surface area (Å²) in [6, 6.07) is 3.95. The summed E-state index contributed by atoms with van der Waals surface area (Å²) in [5, 5.41) is 17.9. The Labute approximate surface area is 118 Å². The smallest absolute Gasteiger partial charge is 0.488 e. The summed E-state index contributed by atoms with van der Waals surface area (Å²) in [6.07, 6.45) is 0. The number of piperazine rings is 1. The zero-order valence-corrected chi connectivity index (χ0v) is 11.6. The van der Waals surface area contributed by atoms with Crippen LogP contribution in [0.4, 0.5) is 4.39 Å². The molecule has 0 spiro atoms. The highest BCUT2D eigenvalue weighted by molar-refractivity contribution is 6.58. The SMILES string of the molecule is CN1CCN(CCOc2ccc(B(O)O)cc2F)CC1. The van der Waals surface area contributed by atoms with Crippen molar-refractivity contribution in [2.75, 3.05) is 46.4 Å². The number of nitrogens with zero attached hydrogens (tertiary/aromatic N) is 2. The molecule has 1 heterocycles. The van der Waals surface area contributed by atoms with Gasteiger partial charge in [0.05, 0.1) is 0 Å². The topological polar surface area (TPSA) is 56.2 Å². The van der Waals surface area contributed by atoms with Gasteiger partial charge in [-0.25, -0.2) is 4.39 Å². The first-order valence-corrected chi connectivity index (χ1v) is 6.75. The molecule has 20 heavy (non-hydrogen) atoms. The molecule has 0 bridgehead atoms. The van der Waals surface area contributed by atoms with Gasteiger partial charge in [0.2, 0.25) is 0 Å². The molecule has 0 aromatic heterocycles. The fraction of sp³-hybridized carbons (Fsp3) is 0.538. The molecule has 0 atom stereocenters. The summed E-state index contributed by atoms with van der Waals surface area (Å²) in [5.74, 6) is -0.433. The van der Waals surface area contributed by atoms with Crippen LogP contribution in [-0.2, 0) is 0 Å². The molecule has 0 radical (unpaired) electrons. The summed E-state index contributed by atoms with van der Waals surface area (Å²) >= 11 is 0. The Balaban J connectivity index is 1.79. The first-order chi connectivity index (χ1) is 9.56. The minimum Gasteiger partial charge on any atom is -0.489 e. The van der Waals surface area contributed by atoms with E-state index in [0.29, 0.717) is 6.61 Å². The van der Waals surface area contributed by atoms with E-state index < -0.39 is 12.9 Å². The lowest BCUT2D eigenvalue weighted by atomic mass is 9.80. The molecule has 1 fully saturated rings. The van der Waals surface area contributed by atoms with Crippen LogP contribution in [0.25, 0.3) is 0 Å². The van der Waals surface area contributed by atoms with E-state index >= 15 is 0 Å². The number of hydrogen-bond donors (Lipinski definition) is 2. The van der Waals surface area contributed by atoms with Gasteiger partial charge in [-0.2, -0.15) is 0 Å². The molecule has 0 aliphatic carbocycles. The molecule has 1 aliphatic rings. The summed E-state index contributed by atoms with van der Waals surface area (Å²) in [4.78, 5) is 4.56. The Kier molecular flexibility index (Phi) is 5.36. The number of ether oxygens (including phenoxy) is 1. The van der Waals surface area contributed by atoms with Crippen LogP contribution >= 0.6 is 0 Å². The van der Waals surface area contributed by atoms with Crippen LogP contribution < -0.4 is 10.2 Å². The molecule has 2 rings (SSSR count). The lowest BCUT2D eigenvalue weighted by molar-refractivity contribution is 0.132. The third-order valence-corrected chi connectivity index (χ3v) is 3.52. The van der Waals surface area contributed by atoms with E-state index in [1.807, 2.05) is 0 Å². The molecule has 110 valence electrons. The second-order valence-corrected chi connectivity index (χ2v) is 5.06. The van der Waals surface area contributed by atoms with E-state index in [1.54, 1.807) is 0 Å². The zero-order valence-electron chi connectivity index (χ0n) is 11.6. The van der Waals surface area contributed by atoms with Crippen LogP contribution in [0.5, 0.6) is 5.75 Å². The van der Waals surface area contributed by atoms with Crippen LogP contribution in [0.15, 0.2) is 18.2 Å². The van der Waals surface area contributed by atoms with Gasteiger partial charge in [-0.3, -0.25) is 4.90 Å². The molecule has 5 nitrogen and oxygen atoms in total. The van der Waals surface area contributed by atoms with E-state index in [9.17, 15) is 4.39 Å². The molecule has 1 aliphatic heterocycles. The monoisotopic (exact) mass is 282 g/mol. The fourth-order valence-electron chi connectivity index (χ4n) is 2.15. The van der Waals surface area contributed by atoms with E-state index in [2.05, 4.69) is 16.8 Å². The van der Waals surface area contributed by atoms with Crippen molar-refractivity contribution in [3.63, 3.8) is 0 Å². The van der Waals surface area contributed by atoms with Gasteiger partial charge in [0.15, 0.2) is 11.6 Å². The minimum absolute atomic E-state index is 0.119. The number of likely N-dealkylation sites (N-methyl/N-ethyl adjacent to an activating group) is 1. The Morgan fingerprint density at radius 1 is 1.25 bits per heavy atom. The fourth-order valence-corrected chi connectivity index (χ4v) is 2.15. The summed E-state index contributed by atoms with van der Waals surface area (Å²) in [6.45, 7) is 5.25. The summed E-state index contributed by atoms with van der Waals surface area (Å²) < 4.78 is 19.1. The number of rotatable bonds is 5. The van der Waals surface area contributed by atoms with E-state index in [0.717, 1.165) is 38.8 Å². The van der Waals surface area contributed by atoms with Crippen molar-refractivity contribution < 1.29 is 19.2 Å². The van der Waals surface area contributed by atoms with Crippen LogP contribution in [0.3, 0.4) is 0 Å². The van der Waals surface area contributed by atoms with E-state index in [1.165, 1.54) is 12.1 Å². The summed E-state index contributed by atoms with van der Waals surface area (Å²) in [5.41, 5.74) is 0.119. The maximum Gasteiger partial charge on any atom is 0.488 e. The molecule has 2 N–H and O–H groups in total. The molecule has 0 amide bonds. The quantitative estimate of drug-likeness (QED) is 0.688. The maximum atomic E-state index is 13.7. The predicted octanol–water partition coefficient (Wildman–Crippen LogP) is -0.868. The van der Waals surface area contributed by atoms with Crippen LogP contribution in [0.2, 0.25) is 0 Å². The van der Waals surface area contributed by atoms with E-state index in [-0.39, 0.29) is 11.2 Å². The average Bonchev–Trinajstić information content (AvgIpc) is 2.42. The molecule has 0 unspecified atom stereocenters. The normalized spacial score (nSPS) is 17.2. The van der Waals surface area contributed by atoms with Crippen molar-refractivity contribution in [3.05, 3.63) is 24.0 Å². The van der Waals surface area contributed by atoms with Crippen molar-refractivity contribution >= 4 is 12.6 Å². The largest absolute Gasteiger partial charge is 0.489 e. The molecular formula is C13H20BFN2O3. The number of benzene rings is 1. The minimum atomic E-state index is -1.66. The molecular weight excluding hydrogens is 262 g/mol.